The third-order valence-corrected chi connectivity index (χ3v) is 4.00. The van der Waals surface area contributed by atoms with Gasteiger partial charge in [-0.15, -0.1) is 0 Å². The molecule has 0 atom stereocenters. The Morgan fingerprint density at radius 2 is 1.78 bits per heavy atom. The summed E-state index contributed by atoms with van der Waals surface area (Å²) in [6, 6.07) is 5.28. The number of benzene rings is 1. The fraction of sp³-hybridized carbons (Fsp3) is 0.250. The summed E-state index contributed by atoms with van der Waals surface area (Å²) in [6.45, 7) is 0.393. The van der Waals surface area contributed by atoms with Crippen molar-refractivity contribution < 1.29 is 19.0 Å². The maximum absolute atomic E-state index is 12.5. The third kappa shape index (κ3) is 3.73. The number of carbonyl (C=O) groups is 1. The molecule has 23 heavy (non-hydrogen) atoms. The number of aromatic nitrogens is 1. The Bertz CT molecular complexity index is 692. The summed E-state index contributed by atoms with van der Waals surface area (Å²) in [5.41, 5.74) is 1.35. The molecule has 1 aromatic heterocycles. The smallest absolute Gasteiger partial charge is 0.252 e. The molecule has 6 nitrogen and oxygen atoms in total. The van der Waals surface area contributed by atoms with E-state index in [1.165, 1.54) is 21.3 Å². The standard InChI is InChI=1S/C16H17BrN2O4/c1-21-12-8-11(13(17)15(23-3)14(12)22-2)16(20)19-9-10-4-6-18-7-5-10/h4-8H,9H2,1-3H3,(H,19,20). The van der Waals surface area contributed by atoms with Crippen molar-refractivity contribution in [2.45, 2.75) is 6.54 Å². The first-order valence-electron chi connectivity index (χ1n) is 6.78. The van der Waals surface area contributed by atoms with Gasteiger partial charge in [-0.2, -0.15) is 0 Å². The first-order chi connectivity index (χ1) is 11.1. The topological polar surface area (TPSA) is 69.7 Å². The van der Waals surface area contributed by atoms with Crippen LogP contribution in [0.5, 0.6) is 17.2 Å². The summed E-state index contributed by atoms with van der Waals surface area (Å²) in [7, 11) is 4.51. The number of carbonyl (C=O) groups excluding carboxylic acids is 1. The van der Waals surface area contributed by atoms with Crippen LogP contribution in [0.1, 0.15) is 15.9 Å². The molecule has 1 aromatic carbocycles. The van der Waals surface area contributed by atoms with Crippen LogP contribution in [-0.2, 0) is 6.54 Å². The van der Waals surface area contributed by atoms with Gasteiger partial charge in [-0.05, 0) is 39.7 Å². The van der Waals surface area contributed by atoms with Gasteiger partial charge in [0.2, 0.25) is 5.75 Å². The van der Waals surface area contributed by atoms with Crippen molar-refractivity contribution in [3.05, 3.63) is 46.2 Å². The average molecular weight is 381 g/mol. The Balaban J connectivity index is 2.29. The second kappa shape index (κ2) is 7.82. The lowest BCUT2D eigenvalue weighted by Gasteiger charge is -2.16. The molecule has 2 aromatic rings. The normalized spacial score (nSPS) is 10.1. The Labute approximate surface area is 142 Å². The number of halogens is 1. The van der Waals surface area contributed by atoms with Gasteiger partial charge in [0.05, 0.1) is 31.4 Å². The summed E-state index contributed by atoms with van der Waals surface area (Å²) < 4.78 is 16.4. The molecule has 2 rings (SSSR count). The number of rotatable bonds is 6. The summed E-state index contributed by atoms with van der Waals surface area (Å²) >= 11 is 3.39. The molecule has 1 N–H and O–H groups in total. The van der Waals surface area contributed by atoms with Gasteiger partial charge in [0.15, 0.2) is 11.5 Å². The predicted octanol–water partition coefficient (Wildman–Crippen LogP) is 2.80. The molecule has 1 amide bonds. The highest BCUT2D eigenvalue weighted by atomic mass is 79.9. The quantitative estimate of drug-likeness (QED) is 0.834. The van der Waals surface area contributed by atoms with Crippen LogP contribution in [-0.4, -0.2) is 32.2 Å². The minimum Gasteiger partial charge on any atom is -0.493 e. The highest BCUT2D eigenvalue weighted by molar-refractivity contribution is 9.10. The number of ether oxygens (including phenoxy) is 3. The van der Waals surface area contributed by atoms with E-state index in [1.807, 2.05) is 12.1 Å². The fourth-order valence-corrected chi connectivity index (χ4v) is 2.70. The third-order valence-electron chi connectivity index (χ3n) is 3.22. The van der Waals surface area contributed by atoms with E-state index in [4.69, 9.17) is 14.2 Å². The van der Waals surface area contributed by atoms with Crippen molar-refractivity contribution in [3.8, 4) is 17.2 Å². The van der Waals surface area contributed by atoms with E-state index in [-0.39, 0.29) is 5.91 Å². The maximum Gasteiger partial charge on any atom is 0.252 e. The van der Waals surface area contributed by atoms with Crippen LogP contribution in [0.3, 0.4) is 0 Å². The van der Waals surface area contributed by atoms with Crippen LogP contribution in [0.2, 0.25) is 0 Å². The maximum atomic E-state index is 12.5. The second-order valence-corrected chi connectivity index (χ2v) is 5.34. The molecule has 0 saturated heterocycles. The van der Waals surface area contributed by atoms with Gasteiger partial charge in [-0.1, -0.05) is 0 Å². The first kappa shape index (κ1) is 17.1. The van der Waals surface area contributed by atoms with Crippen LogP contribution >= 0.6 is 15.9 Å². The summed E-state index contributed by atoms with van der Waals surface area (Å²) in [5.74, 6) is 0.989. The highest BCUT2D eigenvalue weighted by Gasteiger charge is 2.22. The molecule has 1 heterocycles. The Hall–Kier alpha value is -2.28. The number of hydrogen-bond donors (Lipinski definition) is 1. The zero-order valence-corrected chi connectivity index (χ0v) is 14.6. The molecule has 0 aliphatic carbocycles. The van der Waals surface area contributed by atoms with Crippen molar-refractivity contribution >= 4 is 21.8 Å². The number of nitrogens with zero attached hydrogens (tertiary/aromatic N) is 1. The van der Waals surface area contributed by atoms with E-state index in [0.29, 0.717) is 33.8 Å². The van der Waals surface area contributed by atoms with Gasteiger partial charge < -0.3 is 19.5 Å². The van der Waals surface area contributed by atoms with Crippen molar-refractivity contribution in [2.75, 3.05) is 21.3 Å². The van der Waals surface area contributed by atoms with E-state index in [9.17, 15) is 4.79 Å². The van der Waals surface area contributed by atoms with E-state index >= 15 is 0 Å². The molecule has 0 radical (unpaired) electrons. The summed E-state index contributed by atoms with van der Waals surface area (Å²) in [4.78, 5) is 16.4. The molecule has 0 aliphatic heterocycles. The van der Waals surface area contributed by atoms with Gasteiger partial charge in [-0.25, -0.2) is 0 Å². The average Bonchev–Trinajstić information content (AvgIpc) is 2.59. The largest absolute Gasteiger partial charge is 0.493 e. The van der Waals surface area contributed by atoms with Gasteiger partial charge >= 0.3 is 0 Å². The van der Waals surface area contributed by atoms with E-state index in [0.717, 1.165) is 5.56 Å². The molecule has 7 heteroatoms. The molecule has 0 unspecified atom stereocenters. The minimum absolute atomic E-state index is 0.257. The molecular weight excluding hydrogens is 364 g/mol. The van der Waals surface area contributed by atoms with Crippen molar-refractivity contribution in [2.24, 2.45) is 0 Å². The van der Waals surface area contributed by atoms with Gasteiger partial charge in [0.25, 0.3) is 5.91 Å². The van der Waals surface area contributed by atoms with E-state index < -0.39 is 0 Å². The highest BCUT2D eigenvalue weighted by Crippen LogP contribution is 2.44. The molecular formula is C16H17BrN2O4. The van der Waals surface area contributed by atoms with Crippen LogP contribution in [0, 0.1) is 0 Å². The van der Waals surface area contributed by atoms with Crippen molar-refractivity contribution in [1.82, 2.24) is 10.3 Å². The van der Waals surface area contributed by atoms with Crippen molar-refractivity contribution in [1.29, 1.82) is 0 Å². The monoisotopic (exact) mass is 380 g/mol. The molecule has 0 spiro atoms. The predicted molar refractivity (Wildman–Crippen MR) is 89.2 cm³/mol. The molecule has 0 bridgehead atoms. The van der Waals surface area contributed by atoms with Gasteiger partial charge in [-0.3, -0.25) is 9.78 Å². The van der Waals surface area contributed by atoms with Crippen LogP contribution in [0.4, 0.5) is 0 Å². The molecule has 0 fully saturated rings. The lowest BCUT2D eigenvalue weighted by molar-refractivity contribution is 0.0949. The van der Waals surface area contributed by atoms with E-state index in [1.54, 1.807) is 18.5 Å². The Morgan fingerprint density at radius 1 is 1.13 bits per heavy atom. The molecule has 0 saturated carbocycles. The fourth-order valence-electron chi connectivity index (χ4n) is 2.06. The number of methoxy groups -OCH3 is 3. The van der Waals surface area contributed by atoms with E-state index in [2.05, 4.69) is 26.2 Å². The van der Waals surface area contributed by atoms with Crippen LogP contribution in [0.15, 0.2) is 35.1 Å². The Morgan fingerprint density at radius 3 is 2.35 bits per heavy atom. The van der Waals surface area contributed by atoms with Crippen LogP contribution < -0.4 is 19.5 Å². The zero-order chi connectivity index (χ0) is 16.8. The summed E-state index contributed by atoms with van der Waals surface area (Å²) in [5, 5.41) is 2.85. The lowest BCUT2D eigenvalue weighted by Crippen LogP contribution is -2.23. The number of hydrogen-bond acceptors (Lipinski definition) is 5. The van der Waals surface area contributed by atoms with Crippen molar-refractivity contribution in [3.63, 3.8) is 0 Å². The minimum atomic E-state index is -0.257. The lowest BCUT2D eigenvalue weighted by atomic mass is 10.1. The Kier molecular flexibility index (Phi) is 5.81. The molecule has 122 valence electrons. The first-order valence-corrected chi connectivity index (χ1v) is 7.57. The summed E-state index contributed by atoms with van der Waals surface area (Å²) in [6.07, 6.45) is 3.35. The zero-order valence-electron chi connectivity index (χ0n) is 13.1. The van der Waals surface area contributed by atoms with Crippen LogP contribution in [0.25, 0.3) is 0 Å². The van der Waals surface area contributed by atoms with Gasteiger partial charge in [0.1, 0.15) is 0 Å². The second-order valence-electron chi connectivity index (χ2n) is 4.55. The number of amides is 1. The number of pyridine rings is 1. The SMILES string of the molecule is COc1cc(C(=O)NCc2ccncc2)c(Br)c(OC)c1OC. The number of nitrogens with one attached hydrogen (secondary N) is 1. The molecule has 0 aliphatic rings. The van der Waals surface area contributed by atoms with Gasteiger partial charge in [0, 0.05) is 18.9 Å².